The van der Waals surface area contributed by atoms with Crippen LogP contribution in [0.25, 0.3) is 0 Å². The quantitative estimate of drug-likeness (QED) is 0.0651. The third-order valence-corrected chi connectivity index (χ3v) is 7.19. The van der Waals surface area contributed by atoms with Crippen molar-refractivity contribution < 1.29 is 9.47 Å². The van der Waals surface area contributed by atoms with Gasteiger partial charge in [-0.3, -0.25) is 0 Å². The Hall–Kier alpha value is -0.640. The molecule has 226 valence electrons. The third-order valence-electron chi connectivity index (χ3n) is 7.19. The highest BCUT2D eigenvalue weighted by Crippen LogP contribution is 2.11. The van der Waals surface area contributed by atoms with Crippen LogP contribution in [0.3, 0.4) is 0 Å². The van der Waals surface area contributed by atoms with E-state index in [9.17, 15) is 0 Å². The molecular formula is C35H69NO2. The average molecular weight is 536 g/mol. The van der Waals surface area contributed by atoms with Gasteiger partial charge in [-0.1, -0.05) is 122 Å². The minimum atomic E-state index is 0.198. The van der Waals surface area contributed by atoms with E-state index in [1.807, 2.05) is 0 Å². The van der Waals surface area contributed by atoms with Crippen LogP contribution in [0.4, 0.5) is 0 Å². The highest BCUT2D eigenvalue weighted by atomic mass is 16.5. The van der Waals surface area contributed by atoms with Crippen LogP contribution < -0.4 is 0 Å². The maximum Gasteiger partial charge on any atom is 0.0934 e. The summed E-state index contributed by atoms with van der Waals surface area (Å²) < 4.78 is 12.2. The molecular weight excluding hydrogens is 466 g/mol. The van der Waals surface area contributed by atoms with Gasteiger partial charge in [-0.2, -0.15) is 0 Å². The minimum absolute atomic E-state index is 0.198. The van der Waals surface area contributed by atoms with E-state index in [1.165, 1.54) is 135 Å². The lowest BCUT2D eigenvalue weighted by molar-refractivity contribution is -0.0287. The molecule has 0 rings (SSSR count). The van der Waals surface area contributed by atoms with Gasteiger partial charge in [0.1, 0.15) is 0 Å². The average Bonchev–Trinajstić information content (AvgIpc) is 2.90. The van der Waals surface area contributed by atoms with E-state index in [1.54, 1.807) is 0 Å². The van der Waals surface area contributed by atoms with Crippen LogP contribution in [0.1, 0.15) is 155 Å². The molecule has 0 saturated carbocycles. The fourth-order valence-electron chi connectivity index (χ4n) is 4.83. The van der Waals surface area contributed by atoms with Crippen LogP contribution in [0.2, 0.25) is 0 Å². The summed E-state index contributed by atoms with van der Waals surface area (Å²) in [5.74, 6) is 0. The molecule has 0 amide bonds. The zero-order valence-corrected chi connectivity index (χ0v) is 26.5. The highest BCUT2D eigenvalue weighted by Gasteiger charge is 2.10. The minimum Gasteiger partial charge on any atom is -0.379 e. The number of hydrogen-bond acceptors (Lipinski definition) is 3. The molecule has 0 spiro atoms. The second-order valence-electron chi connectivity index (χ2n) is 11.6. The van der Waals surface area contributed by atoms with E-state index in [4.69, 9.17) is 9.47 Å². The fourth-order valence-corrected chi connectivity index (χ4v) is 4.83. The van der Waals surface area contributed by atoms with Gasteiger partial charge in [0, 0.05) is 19.8 Å². The lowest BCUT2D eigenvalue weighted by Gasteiger charge is -2.21. The number of likely N-dealkylation sites (N-methyl/N-ethyl adjacent to an activating group) is 1. The van der Waals surface area contributed by atoms with E-state index < -0.39 is 0 Å². The number of unbranched alkanes of at least 4 members (excludes halogenated alkanes) is 18. The van der Waals surface area contributed by atoms with E-state index in [0.29, 0.717) is 0 Å². The van der Waals surface area contributed by atoms with Crippen molar-refractivity contribution in [3.63, 3.8) is 0 Å². The van der Waals surface area contributed by atoms with E-state index in [0.717, 1.165) is 32.8 Å². The van der Waals surface area contributed by atoms with Crippen LogP contribution in [-0.4, -0.2) is 51.5 Å². The van der Waals surface area contributed by atoms with Gasteiger partial charge in [0.25, 0.3) is 0 Å². The van der Waals surface area contributed by atoms with Crippen molar-refractivity contribution in [2.45, 2.75) is 161 Å². The van der Waals surface area contributed by atoms with Gasteiger partial charge in [0.2, 0.25) is 0 Å². The molecule has 0 heterocycles. The first kappa shape index (κ1) is 37.4. The fraction of sp³-hybridized carbons (Fsp3) is 0.886. The number of hydrogen-bond donors (Lipinski definition) is 0. The van der Waals surface area contributed by atoms with Crippen LogP contribution in [0.15, 0.2) is 24.3 Å². The summed E-state index contributed by atoms with van der Waals surface area (Å²) in [6.45, 7) is 7.91. The summed E-state index contributed by atoms with van der Waals surface area (Å²) in [6.07, 6.45) is 38.8. The molecule has 0 aromatic heterocycles. The molecule has 38 heavy (non-hydrogen) atoms. The van der Waals surface area contributed by atoms with Gasteiger partial charge >= 0.3 is 0 Å². The van der Waals surface area contributed by atoms with E-state index in [-0.39, 0.29) is 6.10 Å². The van der Waals surface area contributed by atoms with Gasteiger partial charge in [-0.25, -0.2) is 0 Å². The highest BCUT2D eigenvalue weighted by molar-refractivity contribution is 4.81. The van der Waals surface area contributed by atoms with Gasteiger partial charge < -0.3 is 14.4 Å². The molecule has 0 fully saturated rings. The predicted molar refractivity (Wildman–Crippen MR) is 170 cm³/mol. The molecule has 0 aliphatic carbocycles. The topological polar surface area (TPSA) is 21.7 Å². The lowest BCUT2D eigenvalue weighted by atomic mass is 10.1. The Morgan fingerprint density at radius 3 is 1.47 bits per heavy atom. The summed E-state index contributed by atoms with van der Waals surface area (Å²) >= 11 is 0. The van der Waals surface area contributed by atoms with Gasteiger partial charge in [-0.05, 0) is 71.9 Å². The number of ether oxygens (including phenoxy) is 2. The van der Waals surface area contributed by atoms with Crippen LogP contribution >= 0.6 is 0 Å². The molecule has 0 saturated heterocycles. The number of allylic oxidation sites excluding steroid dienone is 4. The van der Waals surface area contributed by atoms with Gasteiger partial charge in [0.15, 0.2) is 0 Å². The van der Waals surface area contributed by atoms with Crippen molar-refractivity contribution >= 4 is 0 Å². The van der Waals surface area contributed by atoms with Crippen molar-refractivity contribution in [2.24, 2.45) is 0 Å². The summed E-state index contributed by atoms with van der Waals surface area (Å²) in [5.41, 5.74) is 0. The molecule has 3 nitrogen and oxygen atoms in total. The Morgan fingerprint density at radius 2 is 0.974 bits per heavy atom. The Labute approximate surface area is 240 Å². The zero-order chi connectivity index (χ0) is 27.8. The maximum atomic E-state index is 6.19. The van der Waals surface area contributed by atoms with Crippen LogP contribution in [0, 0.1) is 0 Å². The first-order valence-electron chi connectivity index (χ1n) is 16.8. The van der Waals surface area contributed by atoms with Crippen LogP contribution in [-0.2, 0) is 9.47 Å². The Balaban J connectivity index is 3.53. The monoisotopic (exact) mass is 536 g/mol. The van der Waals surface area contributed by atoms with Gasteiger partial charge in [0.05, 0.1) is 12.7 Å². The molecule has 0 bridgehead atoms. The maximum absolute atomic E-state index is 6.19. The first-order chi connectivity index (χ1) is 18.7. The Bertz CT molecular complexity index is 488. The van der Waals surface area contributed by atoms with E-state index >= 15 is 0 Å². The second-order valence-corrected chi connectivity index (χ2v) is 11.6. The molecule has 0 aromatic carbocycles. The summed E-state index contributed by atoms with van der Waals surface area (Å²) in [5, 5.41) is 0. The number of rotatable bonds is 31. The summed E-state index contributed by atoms with van der Waals surface area (Å²) in [6, 6.07) is 0. The van der Waals surface area contributed by atoms with Crippen molar-refractivity contribution in [1.29, 1.82) is 0 Å². The SMILES string of the molecule is CC/C=C\CCCCCCCCOCC(CN(C)C)OCCCCCCCC/C=C\CCCCCCCC. The van der Waals surface area contributed by atoms with Gasteiger partial charge in [-0.15, -0.1) is 0 Å². The molecule has 1 unspecified atom stereocenters. The lowest BCUT2D eigenvalue weighted by Crippen LogP contribution is -2.32. The van der Waals surface area contributed by atoms with Crippen molar-refractivity contribution in [3.05, 3.63) is 24.3 Å². The van der Waals surface area contributed by atoms with Crippen molar-refractivity contribution in [3.8, 4) is 0 Å². The first-order valence-corrected chi connectivity index (χ1v) is 16.8. The third kappa shape index (κ3) is 31.6. The molecule has 3 heteroatoms. The largest absolute Gasteiger partial charge is 0.379 e. The molecule has 0 radical (unpaired) electrons. The predicted octanol–water partition coefficient (Wildman–Crippen LogP) is 10.7. The molecule has 0 aliphatic rings. The molecule has 1 atom stereocenters. The number of nitrogens with zero attached hydrogens (tertiary/aromatic N) is 1. The van der Waals surface area contributed by atoms with Crippen molar-refractivity contribution in [1.82, 2.24) is 4.90 Å². The Kier molecular flexibility index (Phi) is 32.0. The second kappa shape index (κ2) is 32.6. The Morgan fingerprint density at radius 1 is 0.526 bits per heavy atom. The van der Waals surface area contributed by atoms with E-state index in [2.05, 4.69) is 57.1 Å². The molecule has 0 aliphatic heterocycles. The zero-order valence-electron chi connectivity index (χ0n) is 26.5. The summed E-state index contributed by atoms with van der Waals surface area (Å²) in [4.78, 5) is 2.21. The molecule has 0 aromatic rings. The van der Waals surface area contributed by atoms with Crippen molar-refractivity contribution in [2.75, 3.05) is 40.5 Å². The summed E-state index contributed by atoms with van der Waals surface area (Å²) in [7, 11) is 4.25. The standard InChI is InChI=1S/C35H69NO2/c1-5-7-9-11-13-15-17-18-19-20-21-22-24-26-28-30-32-38-35(33-36(3)4)34-37-31-29-27-25-23-16-14-12-10-8-6-2/h8,10,18-19,35H,5-7,9,11-17,20-34H2,1-4H3/b10-8-,19-18-. The molecule has 0 N–H and O–H groups in total. The normalized spacial score (nSPS) is 13.0. The smallest absolute Gasteiger partial charge is 0.0934 e. The van der Waals surface area contributed by atoms with Crippen LogP contribution in [0.5, 0.6) is 0 Å².